The molecule has 108 valence electrons. The SMILES string of the molecule is CN(C)CC1(C)Cc2cc(S(N)(=O)=O)sc2S1(=O)=O. The summed E-state index contributed by atoms with van der Waals surface area (Å²) in [5.74, 6) is 0. The number of nitrogens with zero attached hydrogens (tertiary/aromatic N) is 1. The van der Waals surface area contributed by atoms with E-state index in [0.29, 0.717) is 18.5 Å². The van der Waals surface area contributed by atoms with Gasteiger partial charge in [0.1, 0.15) is 8.42 Å². The first-order chi connectivity index (χ1) is 8.47. The Morgan fingerprint density at radius 3 is 2.47 bits per heavy atom. The van der Waals surface area contributed by atoms with Crippen molar-refractivity contribution in [1.82, 2.24) is 4.90 Å². The lowest BCUT2D eigenvalue weighted by atomic mass is 10.0. The fourth-order valence-corrected chi connectivity index (χ4v) is 7.24. The zero-order chi connectivity index (χ0) is 14.6. The Kier molecular flexibility index (Phi) is 3.34. The molecule has 0 saturated heterocycles. The number of primary sulfonamides is 1. The molecule has 0 spiro atoms. The molecule has 0 aromatic carbocycles. The van der Waals surface area contributed by atoms with Gasteiger partial charge in [0, 0.05) is 6.54 Å². The Balaban J connectivity index is 2.53. The van der Waals surface area contributed by atoms with Crippen LogP contribution in [0.3, 0.4) is 0 Å². The topological polar surface area (TPSA) is 97.5 Å². The largest absolute Gasteiger partial charge is 0.308 e. The van der Waals surface area contributed by atoms with Crippen LogP contribution in [-0.2, 0) is 26.3 Å². The molecule has 1 aromatic heterocycles. The Morgan fingerprint density at radius 2 is 2.05 bits per heavy atom. The predicted octanol–water partition coefficient (Wildman–Crippen LogP) is 0.0456. The highest BCUT2D eigenvalue weighted by Crippen LogP contribution is 2.44. The van der Waals surface area contributed by atoms with E-state index in [9.17, 15) is 16.8 Å². The van der Waals surface area contributed by atoms with Crippen LogP contribution in [0.25, 0.3) is 0 Å². The van der Waals surface area contributed by atoms with E-state index in [4.69, 9.17) is 5.14 Å². The second kappa shape index (κ2) is 4.26. The quantitative estimate of drug-likeness (QED) is 0.847. The van der Waals surface area contributed by atoms with Gasteiger partial charge >= 0.3 is 0 Å². The van der Waals surface area contributed by atoms with Crippen LogP contribution in [0.2, 0.25) is 0 Å². The van der Waals surface area contributed by atoms with Crippen molar-refractivity contribution in [3.8, 4) is 0 Å². The summed E-state index contributed by atoms with van der Waals surface area (Å²) < 4.78 is 46.7. The van der Waals surface area contributed by atoms with Crippen LogP contribution >= 0.6 is 11.3 Å². The summed E-state index contributed by atoms with van der Waals surface area (Å²) >= 11 is 0.746. The van der Waals surface area contributed by atoms with E-state index in [1.165, 1.54) is 6.07 Å². The first-order valence-corrected chi connectivity index (χ1v) is 9.37. The highest BCUT2D eigenvalue weighted by atomic mass is 32.3. The zero-order valence-corrected chi connectivity index (χ0v) is 13.3. The van der Waals surface area contributed by atoms with Crippen molar-refractivity contribution in [1.29, 1.82) is 0 Å². The number of rotatable bonds is 3. The lowest BCUT2D eigenvalue weighted by Crippen LogP contribution is -2.42. The second-order valence-electron chi connectivity index (χ2n) is 5.29. The molecule has 0 aliphatic carbocycles. The van der Waals surface area contributed by atoms with E-state index < -0.39 is 24.6 Å². The maximum absolute atomic E-state index is 12.5. The third-order valence-electron chi connectivity index (χ3n) is 3.14. The number of hydrogen-bond acceptors (Lipinski definition) is 6. The molecule has 2 N–H and O–H groups in total. The third kappa shape index (κ3) is 2.33. The Bertz CT molecular complexity index is 718. The van der Waals surface area contributed by atoms with E-state index in [1.54, 1.807) is 6.92 Å². The average Bonchev–Trinajstić information content (AvgIpc) is 2.65. The predicted molar refractivity (Wildman–Crippen MR) is 73.5 cm³/mol. The van der Waals surface area contributed by atoms with E-state index in [1.807, 2.05) is 19.0 Å². The van der Waals surface area contributed by atoms with Crippen molar-refractivity contribution in [2.45, 2.75) is 26.5 Å². The molecule has 0 saturated carbocycles. The lowest BCUT2D eigenvalue weighted by Gasteiger charge is -2.26. The average molecular weight is 324 g/mol. The van der Waals surface area contributed by atoms with Crippen LogP contribution < -0.4 is 5.14 Å². The summed E-state index contributed by atoms with van der Waals surface area (Å²) in [5.41, 5.74) is 0.554. The van der Waals surface area contributed by atoms with Crippen molar-refractivity contribution in [2.24, 2.45) is 5.14 Å². The van der Waals surface area contributed by atoms with Crippen LogP contribution in [0.4, 0.5) is 0 Å². The number of sulfonamides is 1. The van der Waals surface area contributed by atoms with Gasteiger partial charge in [-0.05, 0) is 39.1 Å². The molecule has 1 aliphatic rings. The number of sulfone groups is 1. The number of nitrogens with two attached hydrogens (primary N) is 1. The summed E-state index contributed by atoms with van der Waals surface area (Å²) in [6.07, 6.45) is 0.314. The van der Waals surface area contributed by atoms with Crippen molar-refractivity contribution in [3.63, 3.8) is 0 Å². The molecule has 0 bridgehead atoms. The number of hydrogen-bond donors (Lipinski definition) is 1. The first kappa shape index (κ1) is 14.9. The van der Waals surface area contributed by atoms with Crippen molar-refractivity contribution >= 4 is 31.2 Å². The molecule has 1 aromatic rings. The summed E-state index contributed by atoms with van der Waals surface area (Å²) in [6, 6.07) is 1.38. The summed E-state index contributed by atoms with van der Waals surface area (Å²) in [4.78, 5) is 1.81. The van der Waals surface area contributed by atoms with Crippen LogP contribution in [0.5, 0.6) is 0 Å². The van der Waals surface area contributed by atoms with Gasteiger partial charge in [0.15, 0.2) is 9.84 Å². The minimum absolute atomic E-state index is 0.0898. The van der Waals surface area contributed by atoms with Crippen molar-refractivity contribution < 1.29 is 16.8 Å². The summed E-state index contributed by atoms with van der Waals surface area (Å²) in [7, 11) is -3.75. The van der Waals surface area contributed by atoms with Gasteiger partial charge in [-0.15, -0.1) is 11.3 Å². The smallest absolute Gasteiger partial charge is 0.247 e. The minimum Gasteiger partial charge on any atom is -0.308 e. The molecule has 2 rings (SSSR count). The van der Waals surface area contributed by atoms with Gasteiger partial charge in [-0.2, -0.15) is 0 Å². The number of thiophene rings is 1. The molecular formula is C10H16N2O4S3. The van der Waals surface area contributed by atoms with Crippen molar-refractivity contribution in [3.05, 3.63) is 11.6 Å². The van der Waals surface area contributed by atoms with Crippen LogP contribution in [0.15, 0.2) is 14.5 Å². The highest BCUT2D eigenvalue weighted by molar-refractivity contribution is 7.96. The number of fused-ring (bicyclic) bond motifs is 1. The third-order valence-corrected chi connectivity index (χ3v) is 8.76. The van der Waals surface area contributed by atoms with Gasteiger partial charge in [0.05, 0.1) is 4.75 Å². The Hall–Kier alpha value is -0.480. The second-order valence-corrected chi connectivity index (χ2v) is 10.8. The molecule has 9 heteroatoms. The van der Waals surface area contributed by atoms with Gasteiger partial charge in [-0.25, -0.2) is 22.0 Å². The van der Waals surface area contributed by atoms with E-state index >= 15 is 0 Å². The summed E-state index contributed by atoms with van der Waals surface area (Å²) in [5, 5.41) is 5.03. The molecule has 0 fully saturated rings. The van der Waals surface area contributed by atoms with Gasteiger partial charge in [-0.1, -0.05) is 0 Å². The van der Waals surface area contributed by atoms with E-state index in [-0.39, 0.29) is 8.42 Å². The molecule has 1 aliphatic heterocycles. The zero-order valence-electron chi connectivity index (χ0n) is 10.9. The molecule has 1 atom stereocenters. The maximum Gasteiger partial charge on any atom is 0.247 e. The normalized spacial score (nSPS) is 25.7. The molecule has 19 heavy (non-hydrogen) atoms. The van der Waals surface area contributed by atoms with Gasteiger partial charge in [0.25, 0.3) is 0 Å². The standard InChI is InChI=1S/C10H16N2O4S3/c1-10(6-12(2)3)5-7-4-8(19(11,15)16)17-9(7)18(10,13)14/h4H,5-6H2,1-3H3,(H2,11,15,16). The molecule has 2 heterocycles. The highest BCUT2D eigenvalue weighted by Gasteiger charge is 2.49. The van der Waals surface area contributed by atoms with Crippen LogP contribution in [0.1, 0.15) is 12.5 Å². The molecule has 0 amide bonds. The lowest BCUT2D eigenvalue weighted by molar-refractivity contribution is 0.352. The molecule has 1 unspecified atom stereocenters. The Labute approximate surface area is 117 Å². The first-order valence-electron chi connectivity index (χ1n) is 5.52. The van der Waals surface area contributed by atoms with Crippen molar-refractivity contribution in [2.75, 3.05) is 20.6 Å². The van der Waals surface area contributed by atoms with E-state index in [0.717, 1.165) is 11.3 Å². The fourth-order valence-electron chi connectivity index (χ4n) is 2.41. The van der Waals surface area contributed by atoms with Crippen LogP contribution in [0, 0.1) is 0 Å². The van der Waals surface area contributed by atoms with Gasteiger partial charge in [-0.3, -0.25) is 0 Å². The molecule has 0 radical (unpaired) electrons. The minimum atomic E-state index is -3.85. The Morgan fingerprint density at radius 1 is 1.47 bits per heavy atom. The molecular weight excluding hydrogens is 308 g/mol. The van der Waals surface area contributed by atoms with Gasteiger partial charge < -0.3 is 4.90 Å². The molecule has 6 nitrogen and oxygen atoms in total. The maximum atomic E-state index is 12.5. The summed E-state index contributed by atoms with van der Waals surface area (Å²) in [6.45, 7) is 2.08. The van der Waals surface area contributed by atoms with E-state index in [2.05, 4.69) is 0 Å². The van der Waals surface area contributed by atoms with Crippen LogP contribution in [-0.4, -0.2) is 47.1 Å². The fraction of sp³-hybridized carbons (Fsp3) is 0.600. The monoisotopic (exact) mass is 324 g/mol. The van der Waals surface area contributed by atoms with Gasteiger partial charge in [0.2, 0.25) is 10.0 Å².